The molecule has 6 heterocycles. The van der Waals surface area contributed by atoms with Crippen molar-refractivity contribution in [1.29, 1.82) is 0 Å². The topological polar surface area (TPSA) is 434 Å². The van der Waals surface area contributed by atoms with Crippen molar-refractivity contribution in [2.24, 2.45) is 17.6 Å². The number of imide groups is 1. The standard InChI is InChI=1S/C52H70N12O17S2/c1-5-24(2)43-49(77)55-17-38(69)56-33-23-83(80)51-29(28-6-7-36(81-4)30(45(28)61-51)22-82-27-10-12-62(20-27)40(71)11-13-63-41(72)8-9-42(63)73)15-31(46(74)54-18-39(70)59-43)57-50(78)44(25(3)35(67)21-65)60-48(76)34-14-26(66)19-64(34)52(79)32(16-37(53)68)58-47(33)75/h6-9,24-27,31-35,43-44,61,65-67H,5,10-23H2,1-4H3,(H2,53,68)(H,54,74)(H,55,77)(H,56,69)(H,57,78)(H,58,75)(H,59,70)(H,60,76)/t24-,25-,26+,27+,31-,32-,33-,34-,35-,43-,44-,83?/m0/s1. The van der Waals surface area contributed by atoms with Gasteiger partial charge in [0.25, 0.3) is 11.8 Å². The summed E-state index contributed by atoms with van der Waals surface area (Å²) in [6.45, 7) is 2.22. The normalized spacial score (nSPS) is 27.4. The molecule has 0 aliphatic carbocycles. The van der Waals surface area contributed by atoms with Crippen molar-refractivity contribution >= 4 is 105 Å². The second kappa shape index (κ2) is 27.8. The van der Waals surface area contributed by atoms with Crippen molar-refractivity contribution in [2.75, 3.05) is 58.7 Å². The Bertz CT molecular complexity index is 2910. The van der Waals surface area contributed by atoms with Crippen LogP contribution in [0.2, 0.25) is 0 Å². The number of aromatic nitrogens is 1. The number of ether oxygens (including phenoxy) is 1. The van der Waals surface area contributed by atoms with E-state index in [0.717, 1.165) is 22.0 Å². The highest BCUT2D eigenvalue weighted by molar-refractivity contribution is 7.99. The van der Waals surface area contributed by atoms with E-state index in [9.17, 15) is 72.9 Å². The molecule has 0 saturated carbocycles. The number of rotatable bonds is 14. The average Bonchev–Trinajstić information content (AvgIpc) is 4.47. The molecule has 5 aliphatic heterocycles. The third-order valence-electron chi connectivity index (χ3n) is 15.4. The zero-order chi connectivity index (χ0) is 60.6. The Morgan fingerprint density at radius 2 is 1.55 bits per heavy atom. The van der Waals surface area contributed by atoms with Crippen LogP contribution in [0, 0.1) is 11.8 Å². The second-order valence-electron chi connectivity index (χ2n) is 21.1. The van der Waals surface area contributed by atoms with Crippen LogP contribution in [0.25, 0.3) is 10.9 Å². The van der Waals surface area contributed by atoms with Gasteiger partial charge in [-0.1, -0.05) is 27.2 Å². The van der Waals surface area contributed by atoms with Gasteiger partial charge in [0.05, 0.1) is 51.0 Å². The molecule has 13 N–H and O–H groups in total. The van der Waals surface area contributed by atoms with E-state index in [1.54, 1.807) is 30.9 Å². The lowest BCUT2D eigenvalue weighted by molar-refractivity contribution is -0.144. The van der Waals surface area contributed by atoms with Crippen molar-refractivity contribution in [3.63, 3.8) is 0 Å². The number of hydrogen-bond donors (Lipinski definition) is 12. The van der Waals surface area contributed by atoms with Crippen molar-refractivity contribution in [2.45, 2.75) is 124 Å². The van der Waals surface area contributed by atoms with Crippen molar-refractivity contribution in [3.8, 4) is 5.75 Å². The molecule has 452 valence electrons. The molecule has 7 rings (SSSR count). The van der Waals surface area contributed by atoms with Crippen molar-refractivity contribution in [1.82, 2.24) is 56.9 Å². The summed E-state index contributed by atoms with van der Waals surface area (Å²) in [4.78, 5) is 171. The highest BCUT2D eigenvalue weighted by atomic mass is 32.2. The molecule has 2 bridgehead atoms. The van der Waals surface area contributed by atoms with Gasteiger partial charge in [0, 0.05) is 102 Å². The zero-order valence-corrected chi connectivity index (χ0v) is 47.7. The molecule has 2 saturated heterocycles. The van der Waals surface area contributed by atoms with E-state index >= 15 is 4.55 Å². The third-order valence-corrected chi connectivity index (χ3v) is 18.2. The fraction of sp³-hybridized carbons (Fsp3) is 0.577. The first-order chi connectivity index (χ1) is 39.4. The van der Waals surface area contributed by atoms with Gasteiger partial charge in [-0.25, -0.2) is 0 Å². The molecule has 31 heteroatoms. The number of fused-ring (bicyclic) bond motifs is 5. The smallest absolute Gasteiger partial charge is 0.253 e. The molecule has 2 fully saturated rings. The number of aliphatic hydroxyl groups is 3. The van der Waals surface area contributed by atoms with E-state index in [-0.39, 0.29) is 40.5 Å². The number of nitrogens with zero attached hydrogens (tertiary/aromatic N) is 3. The summed E-state index contributed by atoms with van der Waals surface area (Å²) in [7, 11) is 1.41. The van der Waals surface area contributed by atoms with Crippen LogP contribution in [0.1, 0.15) is 64.0 Å². The molecular formula is C52H70N12O17S2. The number of aromatic amines is 1. The zero-order valence-electron chi connectivity index (χ0n) is 46.1. The predicted molar refractivity (Wildman–Crippen MR) is 294 cm³/mol. The SMILES string of the molecule is CC[C@H](C)[C@@H]1NC(=O)CNC(=O)[C@@H]2Cc3c([nH]c4c(CS[C@@H]5CCN(C(=O)CCN6C(=O)C=CC6=O)C5)c(OC)ccc34)[S+]([O-])C[C@H](NC(=O)CNC1=O)C(=O)N[C@@H](CC(N)=O)C(=O)N1C[C@H](O)C[C@H]1C(=O)N[C@@H]([C@@H](C)[C@@H](O)CO)C(=O)N2. The Kier molecular flexibility index (Phi) is 21.2. The number of H-pyrrole nitrogens is 1. The minimum atomic E-state index is -2.48. The van der Waals surface area contributed by atoms with Gasteiger partial charge in [0.2, 0.25) is 64.1 Å². The van der Waals surface area contributed by atoms with E-state index < -0.39 is 188 Å². The molecule has 0 radical (unpaired) electrons. The Morgan fingerprint density at radius 3 is 2.22 bits per heavy atom. The maximum atomic E-state index is 15.3. The van der Waals surface area contributed by atoms with Crippen LogP contribution in [-0.4, -0.2) is 223 Å². The fourth-order valence-electron chi connectivity index (χ4n) is 10.5. The number of amides is 12. The average molecular weight is 1200 g/mol. The van der Waals surface area contributed by atoms with Crippen LogP contribution in [0.15, 0.2) is 29.3 Å². The molecule has 1 aromatic heterocycles. The van der Waals surface area contributed by atoms with Crippen LogP contribution in [0.4, 0.5) is 0 Å². The minimum Gasteiger partial charge on any atom is -0.610 e. The number of aliphatic hydroxyl groups excluding tert-OH is 3. The monoisotopic (exact) mass is 1200 g/mol. The van der Waals surface area contributed by atoms with Crippen LogP contribution in [0.5, 0.6) is 5.75 Å². The summed E-state index contributed by atoms with van der Waals surface area (Å²) < 4.78 is 21.2. The first kappa shape index (κ1) is 63.3. The summed E-state index contributed by atoms with van der Waals surface area (Å²) in [5.74, 6) is -12.9. The quantitative estimate of drug-likeness (QED) is 0.0620. The van der Waals surface area contributed by atoms with E-state index in [1.807, 2.05) is 0 Å². The van der Waals surface area contributed by atoms with Gasteiger partial charge >= 0.3 is 0 Å². The van der Waals surface area contributed by atoms with Crippen LogP contribution < -0.4 is 47.7 Å². The fourth-order valence-corrected chi connectivity index (χ4v) is 13.1. The number of nitrogens with two attached hydrogens (primary N) is 1. The molecule has 12 amide bonds. The van der Waals surface area contributed by atoms with Crippen LogP contribution in [-0.2, 0) is 80.9 Å². The molecular weight excluding hydrogens is 1130 g/mol. The van der Waals surface area contributed by atoms with Gasteiger partial charge in [0.1, 0.15) is 41.7 Å². The molecule has 1 unspecified atom stereocenters. The number of benzene rings is 1. The van der Waals surface area contributed by atoms with E-state index in [2.05, 4.69) is 42.2 Å². The Labute approximate surface area is 483 Å². The Morgan fingerprint density at radius 1 is 0.867 bits per heavy atom. The first-order valence-electron chi connectivity index (χ1n) is 27.1. The molecule has 5 aliphatic rings. The number of carbonyl (C=O) groups excluding carboxylic acids is 12. The van der Waals surface area contributed by atoms with Crippen molar-refractivity contribution in [3.05, 3.63) is 35.4 Å². The van der Waals surface area contributed by atoms with Gasteiger partial charge in [-0.05, 0) is 24.5 Å². The van der Waals surface area contributed by atoms with E-state index in [0.29, 0.717) is 48.1 Å². The molecule has 0 spiro atoms. The number of hydrogen-bond acceptors (Lipinski definition) is 18. The lowest BCUT2D eigenvalue weighted by atomic mass is 9.93. The van der Waals surface area contributed by atoms with Crippen LogP contribution >= 0.6 is 11.8 Å². The van der Waals surface area contributed by atoms with E-state index in [4.69, 9.17) is 10.5 Å². The number of likely N-dealkylation sites (tertiary alicyclic amines) is 1. The van der Waals surface area contributed by atoms with Crippen LogP contribution in [0.3, 0.4) is 0 Å². The predicted octanol–water partition coefficient (Wildman–Crippen LogP) is -5.47. The molecule has 29 nitrogen and oxygen atoms in total. The summed E-state index contributed by atoms with van der Waals surface area (Å²) >= 11 is -1.03. The maximum Gasteiger partial charge on any atom is 0.253 e. The largest absolute Gasteiger partial charge is 0.610 e. The molecule has 12 atom stereocenters. The van der Waals surface area contributed by atoms with Gasteiger partial charge in [-0.15, -0.1) is 0 Å². The molecule has 83 heavy (non-hydrogen) atoms. The van der Waals surface area contributed by atoms with Gasteiger partial charge in [-0.3, -0.25) is 62.4 Å². The number of methoxy groups -OCH3 is 1. The number of primary amides is 1. The highest BCUT2D eigenvalue weighted by Gasteiger charge is 2.46. The highest BCUT2D eigenvalue weighted by Crippen LogP contribution is 2.38. The summed E-state index contributed by atoms with van der Waals surface area (Å²) in [5.41, 5.74) is 6.45. The number of thioether (sulfide) groups is 1. The number of carbonyl (C=O) groups is 12. The van der Waals surface area contributed by atoms with Gasteiger partial charge < -0.3 is 82.3 Å². The second-order valence-corrected chi connectivity index (χ2v) is 23.8. The van der Waals surface area contributed by atoms with Gasteiger partial charge in [0.15, 0.2) is 6.04 Å². The summed E-state index contributed by atoms with van der Waals surface area (Å²) in [5, 5.41) is 49.3. The van der Waals surface area contributed by atoms with Gasteiger partial charge in [-0.2, -0.15) is 11.8 Å². The summed E-state index contributed by atoms with van der Waals surface area (Å²) in [6, 6.07) is -7.08. The lowest BCUT2D eigenvalue weighted by Crippen LogP contribution is -2.62. The maximum absolute atomic E-state index is 15.3. The minimum absolute atomic E-state index is 0.0816. The van der Waals surface area contributed by atoms with E-state index in [1.165, 1.54) is 25.8 Å². The lowest BCUT2D eigenvalue weighted by Gasteiger charge is -2.32. The Balaban J connectivity index is 1.35. The number of nitrogens with one attached hydrogen (secondary N) is 8. The molecule has 2 aromatic rings. The summed E-state index contributed by atoms with van der Waals surface area (Å²) in [6.07, 6.45) is -1.89. The Hall–Kier alpha value is -7.32. The first-order valence-corrected chi connectivity index (χ1v) is 29.4. The van der Waals surface area contributed by atoms with Crippen molar-refractivity contribution < 1.29 is 82.1 Å². The third kappa shape index (κ3) is 15.1. The molecule has 1 aromatic carbocycles.